The van der Waals surface area contributed by atoms with Gasteiger partial charge in [-0.05, 0) is 183 Å². The fraction of sp³-hybridized carbons (Fsp3) is 0.200. The highest BCUT2D eigenvalue weighted by atomic mass is 14.5. The SMILES string of the molecule is CC1(C)C2=C(CCC=C2)C2=C1C=C(C1=c3ccccc3=C(C3=CC=C(c4ccc5c(c4)C(C)(C)c4cc(-c6c7ccccc7c(-c7ccccc7)c7ccccc67)ccc4-5)CC3)C3C=CC=CC13)CC2. The largest absolute Gasteiger partial charge is 0.0839 e. The summed E-state index contributed by atoms with van der Waals surface area (Å²) in [4.78, 5) is 0. The molecule has 2 atom stereocenters. The van der Waals surface area contributed by atoms with Crippen LogP contribution in [0.15, 0.2) is 228 Å². The standard InChI is InChI=1S/C70H58/c1-69(2)61-29-17-16-20-49(61)50-38-35-47(41-63(50)69)67-59-27-14-10-23-55(59)66(56-24-11-15-28-60(56)67)45-32-30-43(31-33-45)46-34-37-51-52-39-36-48(42-64(52)70(3,4)62(51)40-46)68-57-25-12-8-21-53(57)65(44-18-6-5-7-19-44)54-22-9-13-26-58(54)68/h5-15,17-19,21-30,32,34,36-37,39-42,55,59H,16,20,31,33,35,38H2,1-4H3. The minimum absolute atomic E-state index is 0.0576. The second kappa shape index (κ2) is 15.6. The molecular weight excluding hydrogens is 841 g/mol. The van der Waals surface area contributed by atoms with E-state index in [1.165, 1.54) is 112 Å². The maximum Gasteiger partial charge on any atom is 0.0159 e. The topological polar surface area (TPSA) is 0 Å². The van der Waals surface area contributed by atoms with Gasteiger partial charge in [0.1, 0.15) is 0 Å². The number of allylic oxidation sites excluding steroid dienone is 16. The molecule has 0 amide bonds. The van der Waals surface area contributed by atoms with Gasteiger partial charge in [0.25, 0.3) is 0 Å². The molecule has 7 aliphatic rings. The van der Waals surface area contributed by atoms with Crippen LogP contribution in [0, 0.1) is 17.3 Å². The van der Waals surface area contributed by atoms with Gasteiger partial charge in [0.2, 0.25) is 0 Å². The molecule has 0 heterocycles. The van der Waals surface area contributed by atoms with Crippen molar-refractivity contribution in [2.24, 2.45) is 17.3 Å². The zero-order valence-electron chi connectivity index (χ0n) is 40.9. The summed E-state index contributed by atoms with van der Waals surface area (Å²) >= 11 is 0. The highest BCUT2D eigenvalue weighted by Gasteiger charge is 2.42. The average molecular weight is 899 g/mol. The van der Waals surface area contributed by atoms with Crippen molar-refractivity contribution in [3.05, 3.63) is 255 Å². The first-order valence-corrected chi connectivity index (χ1v) is 26.0. The third-order valence-corrected chi connectivity index (χ3v) is 17.6. The molecule has 338 valence electrons. The van der Waals surface area contributed by atoms with E-state index in [0.717, 1.165) is 25.7 Å². The van der Waals surface area contributed by atoms with E-state index in [-0.39, 0.29) is 10.8 Å². The molecule has 0 saturated carbocycles. The Morgan fingerprint density at radius 2 is 0.943 bits per heavy atom. The number of rotatable bonds is 5. The molecule has 0 aliphatic heterocycles. The summed E-state index contributed by atoms with van der Waals surface area (Å²) in [5, 5.41) is 8.05. The monoisotopic (exact) mass is 898 g/mol. The summed E-state index contributed by atoms with van der Waals surface area (Å²) in [6, 6.07) is 53.0. The number of hydrogen-bond donors (Lipinski definition) is 0. The van der Waals surface area contributed by atoms with Gasteiger partial charge in [-0.3, -0.25) is 0 Å². The molecule has 7 aromatic rings. The van der Waals surface area contributed by atoms with Crippen molar-refractivity contribution in [2.45, 2.75) is 71.6 Å². The zero-order valence-corrected chi connectivity index (χ0v) is 40.9. The lowest BCUT2D eigenvalue weighted by molar-refractivity contribution is 0.567. The first-order valence-electron chi connectivity index (χ1n) is 26.0. The predicted octanol–water partition coefficient (Wildman–Crippen LogP) is 16.8. The fourth-order valence-corrected chi connectivity index (χ4v) is 14.3. The highest BCUT2D eigenvalue weighted by Crippen LogP contribution is 2.56. The minimum atomic E-state index is -0.152. The Kier molecular flexibility index (Phi) is 9.30. The minimum Gasteiger partial charge on any atom is -0.0839 e. The van der Waals surface area contributed by atoms with Crippen molar-refractivity contribution in [3.8, 4) is 33.4 Å². The van der Waals surface area contributed by atoms with E-state index >= 15 is 0 Å². The molecular formula is C70H58. The van der Waals surface area contributed by atoms with E-state index in [1.54, 1.807) is 33.4 Å². The van der Waals surface area contributed by atoms with Crippen LogP contribution in [-0.2, 0) is 5.41 Å². The van der Waals surface area contributed by atoms with Crippen LogP contribution in [0.2, 0.25) is 0 Å². The van der Waals surface area contributed by atoms with Crippen LogP contribution in [0.1, 0.15) is 82.9 Å². The Hall–Kier alpha value is -7.28. The number of hydrogen-bond acceptors (Lipinski definition) is 0. The summed E-state index contributed by atoms with van der Waals surface area (Å²) in [5.74, 6) is 0.647. The highest BCUT2D eigenvalue weighted by molar-refractivity contribution is 6.21. The number of benzene rings is 7. The molecule has 0 heteroatoms. The summed E-state index contributed by atoms with van der Waals surface area (Å²) in [7, 11) is 0. The van der Waals surface area contributed by atoms with Crippen molar-refractivity contribution >= 4 is 38.3 Å². The molecule has 0 N–H and O–H groups in total. The second-order valence-electron chi connectivity index (χ2n) is 22.0. The maximum atomic E-state index is 2.64. The van der Waals surface area contributed by atoms with Crippen LogP contribution >= 0.6 is 0 Å². The van der Waals surface area contributed by atoms with E-state index in [1.807, 2.05) is 0 Å². The Bertz CT molecular complexity index is 3800. The van der Waals surface area contributed by atoms with Gasteiger partial charge in [0, 0.05) is 22.7 Å². The van der Waals surface area contributed by atoms with E-state index in [9.17, 15) is 0 Å². The van der Waals surface area contributed by atoms with Gasteiger partial charge in [-0.1, -0.05) is 210 Å². The summed E-state index contributed by atoms with van der Waals surface area (Å²) in [6.45, 7) is 9.80. The van der Waals surface area contributed by atoms with E-state index in [0.29, 0.717) is 11.8 Å². The normalized spacial score (nSPS) is 21.2. The zero-order chi connectivity index (χ0) is 46.9. The maximum absolute atomic E-state index is 2.64. The van der Waals surface area contributed by atoms with Gasteiger partial charge in [0.05, 0.1) is 0 Å². The van der Waals surface area contributed by atoms with E-state index in [4.69, 9.17) is 0 Å². The first kappa shape index (κ1) is 41.7. The van der Waals surface area contributed by atoms with E-state index in [2.05, 4.69) is 222 Å². The van der Waals surface area contributed by atoms with Gasteiger partial charge < -0.3 is 0 Å². The Balaban J connectivity index is 0.830. The summed E-state index contributed by atoms with van der Waals surface area (Å²) in [6.07, 6.45) is 28.7. The summed E-state index contributed by atoms with van der Waals surface area (Å²) in [5.41, 5.74) is 26.0. The molecule has 0 bridgehead atoms. The molecule has 0 saturated heterocycles. The third-order valence-electron chi connectivity index (χ3n) is 17.6. The lowest BCUT2D eigenvalue weighted by Gasteiger charge is -2.37. The van der Waals surface area contributed by atoms with Crippen molar-refractivity contribution < 1.29 is 0 Å². The number of fused-ring (bicyclic) bond motifs is 8. The van der Waals surface area contributed by atoms with Crippen LogP contribution < -0.4 is 10.4 Å². The van der Waals surface area contributed by atoms with Crippen molar-refractivity contribution in [2.75, 3.05) is 0 Å². The van der Waals surface area contributed by atoms with Gasteiger partial charge >= 0.3 is 0 Å². The molecule has 70 heavy (non-hydrogen) atoms. The lowest BCUT2D eigenvalue weighted by atomic mass is 9.67. The first-order chi connectivity index (χ1) is 34.3. The van der Waals surface area contributed by atoms with Crippen molar-refractivity contribution in [3.63, 3.8) is 0 Å². The smallest absolute Gasteiger partial charge is 0.0159 e. The molecule has 0 fully saturated rings. The summed E-state index contributed by atoms with van der Waals surface area (Å²) < 4.78 is 0. The Labute approximate surface area is 413 Å². The van der Waals surface area contributed by atoms with Crippen LogP contribution in [0.4, 0.5) is 0 Å². The van der Waals surface area contributed by atoms with Gasteiger partial charge in [-0.15, -0.1) is 0 Å². The van der Waals surface area contributed by atoms with Crippen LogP contribution in [0.3, 0.4) is 0 Å². The molecule has 7 aromatic carbocycles. The fourth-order valence-electron chi connectivity index (χ4n) is 14.3. The van der Waals surface area contributed by atoms with E-state index < -0.39 is 0 Å². The molecule has 0 radical (unpaired) electrons. The van der Waals surface area contributed by atoms with Crippen molar-refractivity contribution in [1.29, 1.82) is 0 Å². The van der Waals surface area contributed by atoms with Crippen LogP contribution in [-0.4, -0.2) is 0 Å². The average Bonchev–Trinajstić information content (AvgIpc) is 3.77. The molecule has 14 rings (SSSR count). The quantitative estimate of drug-likeness (QED) is 0.151. The molecule has 7 aliphatic carbocycles. The molecule has 0 aromatic heterocycles. The van der Waals surface area contributed by atoms with Crippen molar-refractivity contribution in [1.82, 2.24) is 0 Å². The second-order valence-corrected chi connectivity index (χ2v) is 22.0. The van der Waals surface area contributed by atoms with Gasteiger partial charge in [0.15, 0.2) is 0 Å². The van der Waals surface area contributed by atoms with Crippen LogP contribution in [0.5, 0.6) is 0 Å². The predicted molar refractivity (Wildman–Crippen MR) is 296 cm³/mol. The third kappa shape index (κ3) is 6.08. The Morgan fingerprint density at radius 1 is 0.429 bits per heavy atom. The van der Waals surface area contributed by atoms with Gasteiger partial charge in [-0.25, -0.2) is 0 Å². The Morgan fingerprint density at radius 3 is 1.57 bits per heavy atom. The van der Waals surface area contributed by atoms with Gasteiger partial charge in [-0.2, -0.15) is 0 Å². The van der Waals surface area contributed by atoms with Crippen LogP contribution in [0.25, 0.3) is 71.6 Å². The molecule has 0 nitrogen and oxygen atoms in total. The lowest BCUT2D eigenvalue weighted by Crippen LogP contribution is -2.41. The molecule has 0 spiro atoms. The molecule has 2 unspecified atom stereocenters.